The number of aliphatic hydroxyl groups is 1. The maximum absolute atomic E-state index is 14.2. The number of nitrogens with zero attached hydrogens (tertiary/aromatic N) is 2. The Labute approximate surface area is 207 Å². The van der Waals surface area contributed by atoms with Crippen LogP contribution in [0.5, 0.6) is 23.0 Å². The van der Waals surface area contributed by atoms with Crippen LogP contribution in [0.1, 0.15) is 45.5 Å². The SMILES string of the molecule is COc1cc2c(c(OC)c1C)CC(N(C)C)C(=O)N1[C@H]2Cc2cc(C)c(OC)c(OC)c2[C@@H]1CO. The third-order valence-corrected chi connectivity index (χ3v) is 7.51. The highest BCUT2D eigenvalue weighted by molar-refractivity contribution is 5.85. The maximum Gasteiger partial charge on any atom is 0.241 e. The Morgan fingerprint density at radius 3 is 2.17 bits per heavy atom. The Bertz CT molecular complexity index is 1150. The van der Waals surface area contributed by atoms with Gasteiger partial charge in [-0.2, -0.15) is 0 Å². The molecule has 3 atom stereocenters. The van der Waals surface area contributed by atoms with E-state index in [1.807, 2.05) is 43.8 Å². The van der Waals surface area contributed by atoms with Gasteiger partial charge in [-0.15, -0.1) is 0 Å². The molecule has 1 unspecified atom stereocenters. The predicted octanol–water partition coefficient (Wildman–Crippen LogP) is 2.98. The molecule has 8 heteroatoms. The molecule has 0 aliphatic carbocycles. The van der Waals surface area contributed by atoms with Gasteiger partial charge >= 0.3 is 0 Å². The van der Waals surface area contributed by atoms with Crippen LogP contribution in [0.25, 0.3) is 0 Å². The van der Waals surface area contributed by atoms with Crippen molar-refractivity contribution in [3.05, 3.63) is 45.5 Å². The van der Waals surface area contributed by atoms with Crippen molar-refractivity contribution in [3.8, 4) is 23.0 Å². The summed E-state index contributed by atoms with van der Waals surface area (Å²) in [5, 5.41) is 10.7. The minimum Gasteiger partial charge on any atom is -0.496 e. The number of carbonyl (C=O) groups excluding carboxylic acids is 1. The average Bonchev–Trinajstić information content (AvgIpc) is 2.95. The molecular formula is C27H36N2O6. The molecule has 190 valence electrons. The number of methoxy groups -OCH3 is 4. The van der Waals surface area contributed by atoms with Crippen molar-refractivity contribution in [2.75, 3.05) is 49.1 Å². The smallest absolute Gasteiger partial charge is 0.241 e. The number of likely N-dealkylation sites (N-methyl/N-ethyl adjacent to an activating group) is 1. The molecule has 0 spiro atoms. The van der Waals surface area contributed by atoms with Gasteiger partial charge in [0, 0.05) is 23.1 Å². The summed E-state index contributed by atoms with van der Waals surface area (Å²) < 4.78 is 23.0. The topological polar surface area (TPSA) is 80.7 Å². The summed E-state index contributed by atoms with van der Waals surface area (Å²) in [6, 6.07) is 2.80. The number of aliphatic hydroxyl groups excluding tert-OH is 1. The van der Waals surface area contributed by atoms with E-state index in [9.17, 15) is 9.90 Å². The van der Waals surface area contributed by atoms with Crippen molar-refractivity contribution in [2.24, 2.45) is 0 Å². The summed E-state index contributed by atoms with van der Waals surface area (Å²) in [7, 11) is 10.3. The molecule has 1 amide bonds. The second-order valence-electron chi connectivity index (χ2n) is 9.48. The summed E-state index contributed by atoms with van der Waals surface area (Å²) in [6.45, 7) is 3.71. The van der Waals surface area contributed by atoms with Crippen molar-refractivity contribution in [1.29, 1.82) is 0 Å². The first-order valence-electron chi connectivity index (χ1n) is 11.8. The lowest BCUT2D eigenvalue weighted by Crippen LogP contribution is -2.50. The van der Waals surface area contributed by atoms with Crippen LogP contribution in [-0.2, 0) is 17.6 Å². The van der Waals surface area contributed by atoms with E-state index in [4.69, 9.17) is 18.9 Å². The van der Waals surface area contributed by atoms with E-state index in [0.717, 1.165) is 39.1 Å². The lowest BCUT2D eigenvalue weighted by Gasteiger charge is -2.44. The molecule has 0 saturated heterocycles. The van der Waals surface area contributed by atoms with Crippen LogP contribution >= 0.6 is 0 Å². The van der Waals surface area contributed by atoms with Crippen LogP contribution in [-0.4, -0.2) is 76.0 Å². The number of amides is 1. The first-order chi connectivity index (χ1) is 16.7. The first-order valence-corrected chi connectivity index (χ1v) is 11.8. The van der Waals surface area contributed by atoms with Crippen LogP contribution in [0.4, 0.5) is 0 Å². The minimum absolute atomic E-state index is 0.0406. The van der Waals surface area contributed by atoms with Gasteiger partial charge in [0.2, 0.25) is 5.91 Å². The van der Waals surface area contributed by atoms with Gasteiger partial charge in [0.15, 0.2) is 11.5 Å². The molecule has 0 fully saturated rings. The monoisotopic (exact) mass is 484 g/mol. The van der Waals surface area contributed by atoms with Gasteiger partial charge < -0.3 is 29.0 Å². The zero-order valence-corrected chi connectivity index (χ0v) is 21.9. The molecule has 0 bridgehead atoms. The summed E-state index contributed by atoms with van der Waals surface area (Å²) >= 11 is 0. The maximum atomic E-state index is 14.2. The number of benzene rings is 2. The molecule has 2 aromatic carbocycles. The molecule has 0 saturated carbocycles. The Kier molecular flexibility index (Phi) is 6.88. The normalized spacial score (nSPS) is 21.1. The van der Waals surface area contributed by atoms with Gasteiger partial charge in [-0.1, -0.05) is 6.07 Å². The molecular weight excluding hydrogens is 448 g/mol. The van der Waals surface area contributed by atoms with E-state index in [0.29, 0.717) is 30.1 Å². The van der Waals surface area contributed by atoms with E-state index in [1.54, 1.807) is 28.4 Å². The van der Waals surface area contributed by atoms with Crippen molar-refractivity contribution < 1.29 is 28.8 Å². The number of rotatable bonds is 6. The number of hydrogen-bond acceptors (Lipinski definition) is 7. The van der Waals surface area contributed by atoms with Gasteiger partial charge in [-0.3, -0.25) is 9.69 Å². The molecule has 0 radical (unpaired) electrons. The Morgan fingerprint density at radius 1 is 0.971 bits per heavy atom. The number of aryl methyl sites for hydroxylation is 1. The molecule has 2 aliphatic rings. The van der Waals surface area contributed by atoms with Gasteiger partial charge in [0.25, 0.3) is 0 Å². The number of fused-ring (bicyclic) bond motifs is 4. The third kappa shape index (κ3) is 3.79. The van der Waals surface area contributed by atoms with Crippen LogP contribution in [0.3, 0.4) is 0 Å². The fourth-order valence-electron chi connectivity index (χ4n) is 5.91. The Morgan fingerprint density at radius 2 is 1.63 bits per heavy atom. The van der Waals surface area contributed by atoms with E-state index >= 15 is 0 Å². The standard InChI is InChI=1S/C27H36N2O6/c1-14-9-16-10-19-17-12-22(32-5)15(2)25(34-7)18(17)11-20(28(3)4)27(31)29(19)21(13-30)23(16)26(35-8)24(14)33-6/h9,12,19-21,30H,10-11,13H2,1-8H3/t19-,20?,21-/m0/s1. The van der Waals surface area contributed by atoms with Crippen LogP contribution < -0.4 is 18.9 Å². The Hall–Kier alpha value is -2.97. The van der Waals surface area contributed by atoms with Gasteiger partial charge in [0.1, 0.15) is 11.5 Å². The summed E-state index contributed by atoms with van der Waals surface area (Å²) in [4.78, 5) is 17.9. The Balaban J connectivity index is 2.05. The number of carbonyl (C=O) groups is 1. The highest BCUT2D eigenvalue weighted by Crippen LogP contribution is 2.52. The van der Waals surface area contributed by atoms with Gasteiger partial charge in [-0.25, -0.2) is 0 Å². The highest BCUT2D eigenvalue weighted by Gasteiger charge is 2.47. The largest absolute Gasteiger partial charge is 0.496 e. The second-order valence-corrected chi connectivity index (χ2v) is 9.48. The third-order valence-electron chi connectivity index (χ3n) is 7.51. The lowest BCUT2D eigenvalue weighted by atomic mass is 9.82. The molecule has 2 heterocycles. The number of hydrogen-bond donors (Lipinski definition) is 1. The lowest BCUT2D eigenvalue weighted by molar-refractivity contribution is -0.143. The molecule has 0 aromatic heterocycles. The minimum atomic E-state index is -0.590. The van der Waals surface area contributed by atoms with Crippen molar-refractivity contribution in [2.45, 2.75) is 44.8 Å². The molecule has 2 aliphatic heterocycles. The highest BCUT2D eigenvalue weighted by atomic mass is 16.5. The molecule has 2 aromatic rings. The molecule has 4 rings (SSSR count). The van der Waals surface area contributed by atoms with Crippen LogP contribution in [0, 0.1) is 13.8 Å². The summed E-state index contributed by atoms with van der Waals surface area (Å²) in [5.74, 6) is 2.61. The average molecular weight is 485 g/mol. The van der Waals surface area contributed by atoms with Crippen molar-refractivity contribution in [3.63, 3.8) is 0 Å². The van der Waals surface area contributed by atoms with E-state index in [1.165, 1.54) is 0 Å². The van der Waals surface area contributed by atoms with Gasteiger partial charge in [0.05, 0.1) is 53.2 Å². The van der Waals surface area contributed by atoms with Crippen LogP contribution in [0.15, 0.2) is 12.1 Å². The predicted molar refractivity (Wildman–Crippen MR) is 133 cm³/mol. The second kappa shape index (κ2) is 9.59. The summed E-state index contributed by atoms with van der Waals surface area (Å²) in [5.41, 5.74) is 5.67. The van der Waals surface area contributed by atoms with E-state index in [-0.39, 0.29) is 18.6 Å². The zero-order valence-electron chi connectivity index (χ0n) is 21.9. The number of ether oxygens (including phenoxy) is 4. The van der Waals surface area contributed by atoms with Crippen molar-refractivity contribution >= 4 is 5.91 Å². The fourth-order valence-corrected chi connectivity index (χ4v) is 5.91. The van der Waals surface area contributed by atoms with E-state index in [2.05, 4.69) is 6.07 Å². The van der Waals surface area contributed by atoms with Gasteiger partial charge in [-0.05, 0) is 57.1 Å². The molecule has 1 N–H and O–H groups in total. The molecule has 8 nitrogen and oxygen atoms in total. The van der Waals surface area contributed by atoms with Crippen LogP contribution in [0.2, 0.25) is 0 Å². The first kappa shape index (κ1) is 25.1. The van der Waals surface area contributed by atoms with Crippen molar-refractivity contribution in [1.82, 2.24) is 9.80 Å². The van der Waals surface area contributed by atoms with E-state index < -0.39 is 12.1 Å². The molecule has 35 heavy (non-hydrogen) atoms. The summed E-state index contributed by atoms with van der Waals surface area (Å²) in [6.07, 6.45) is 1.07. The fraction of sp³-hybridized carbons (Fsp3) is 0.519. The quantitative estimate of drug-likeness (QED) is 0.675. The zero-order chi connectivity index (χ0) is 25.6.